The number of amides is 2. The zero-order chi connectivity index (χ0) is 47.7. The molecule has 0 aliphatic heterocycles. The second-order valence-corrected chi connectivity index (χ2v) is 24.8. The molecule has 0 aliphatic carbocycles. The lowest BCUT2D eigenvalue weighted by atomic mass is 9.86. The minimum absolute atomic E-state index is 0.0294. The van der Waals surface area contributed by atoms with Crippen molar-refractivity contribution in [2.75, 3.05) is 13.2 Å². The van der Waals surface area contributed by atoms with Crippen LogP contribution in [0.5, 0.6) is 0 Å². The fraction of sp³-hybridized carbons (Fsp3) is 0.712. The van der Waals surface area contributed by atoms with Crippen molar-refractivity contribution in [3.05, 3.63) is 71.8 Å². The molecule has 0 saturated heterocycles. The maximum absolute atomic E-state index is 14.2. The molecule has 8 atom stereocenters. The largest absolute Gasteiger partial charge is 0.480 e. The molecule has 64 heavy (non-hydrogen) atoms. The van der Waals surface area contributed by atoms with E-state index in [2.05, 4.69) is 63.7 Å². The highest BCUT2D eigenvalue weighted by Gasteiger charge is 2.42. The Morgan fingerprint density at radius 2 is 1.20 bits per heavy atom. The molecule has 2 aromatic rings. The number of hydrogen-bond donors (Lipinski definition) is 5. The number of unbranched alkanes of at least 4 members (excludes halogenated alkanes) is 10. The van der Waals surface area contributed by atoms with E-state index >= 15 is 0 Å². The summed E-state index contributed by atoms with van der Waals surface area (Å²) in [5.74, 6) is -2.91. The summed E-state index contributed by atoms with van der Waals surface area (Å²) in [6, 6.07) is 15.5. The van der Waals surface area contributed by atoms with Gasteiger partial charge in [-0.25, -0.2) is 4.79 Å². The summed E-state index contributed by atoms with van der Waals surface area (Å²) < 4.78 is 18.9. The molecular weight excluding hydrogens is 823 g/mol. The fourth-order valence-corrected chi connectivity index (χ4v) is 9.08. The summed E-state index contributed by atoms with van der Waals surface area (Å²) in [7, 11) is -2.14. The Bertz CT molecular complexity index is 1570. The zero-order valence-electron chi connectivity index (χ0n) is 41.6. The molecule has 2 amide bonds. The first-order chi connectivity index (χ1) is 30.3. The van der Waals surface area contributed by atoms with Crippen LogP contribution >= 0.6 is 0 Å². The van der Waals surface area contributed by atoms with Gasteiger partial charge in [0.1, 0.15) is 6.04 Å². The average molecular weight is 912 g/mol. The topological polar surface area (TPSA) is 155 Å². The van der Waals surface area contributed by atoms with Crippen LogP contribution in [0, 0.1) is 17.8 Å². The molecule has 2 rings (SSSR count). The molecule has 0 heterocycles. The second kappa shape index (κ2) is 30.2. The normalized spacial score (nSPS) is 16.0. The van der Waals surface area contributed by atoms with Gasteiger partial charge in [-0.2, -0.15) is 0 Å². The van der Waals surface area contributed by atoms with E-state index in [0.29, 0.717) is 6.54 Å². The monoisotopic (exact) mass is 912 g/mol. The number of aliphatic hydroxyl groups is 1. The molecular formula is C52H89N3O8Si. The van der Waals surface area contributed by atoms with Gasteiger partial charge in [0, 0.05) is 12.5 Å². The summed E-state index contributed by atoms with van der Waals surface area (Å²) in [6.45, 7) is 23.6. The molecule has 0 radical (unpaired) electrons. The van der Waals surface area contributed by atoms with Gasteiger partial charge in [-0.3, -0.25) is 9.59 Å². The standard InChI is InChI=1S/C52H89N3O8Si/c1-12-13-14-15-16-17-18-19-20-21-28-33-45(63-64(10,11)52(7,8)9)40(5)48(56)39(4)34-53-46(38(2)3)49(57)55-47(41(6)62-36-43-31-26-23-27-32-43)50(58)54-44(51(59)60)37-61-35-42-29-24-22-25-30-42/h22-27,29-32,38-41,44-48,53,56H,12-21,28,33-37H2,1-11H3,(H,54,58)(H,55,57)(H,59,60)/t39-,40+,41+,44+,45-,46+,47+,48-/m1/s1. The summed E-state index contributed by atoms with van der Waals surface area (Å²) in [4.78, 5) is 40.4. The minimum atomic E-state index is -2.14. The molecule has 364 valence electrons. The third kappa shape index (κ3) is 21.4. The highest BCUT2D eigenvalue weighted by molar-refractivity contribution is 6.74. The number of carboxylic acids is 1. The van der Waals surface area contributed by atoms with Crippen molar-refractivity contribution < 1.29 is 38.5 Å². The van der Waals surface area contributed by atoms with Gasteiger partial charge in [0.25, 0.3) is 0 Å². The Morgan fingerprint density at radius 3 is 1.70 bits per heavy atom. The van der Waals surface area contributed by atoms with Crippen molar-refractivity contribution in [3.8, 4) is 0 Å². The highest BCUT2D eigenvalue weighted by atomic mass is 28.4. The van der Waals surface area contributed by atoms with Crippen LogP contribution in [0.4, 0.5) is 0 Å². The van der Waals surface area contributed by atoms with Gasteiger partial charge in [-0.15, -0.1) is 0 Å². The van der Waals surface area contributed by atoms with Gasteiger partial charge < -0.3 is 40.1 Å². The van der Waals surface area contributed by atoms with Crippen molar-refractivity contribution in [2.24, 2.45) is 17.8 Å². The number of aliphatic carboxylic acids is 1. The third-order valence-corrected chi connectivity index (χ3v) is 17.6. The zero-order valence-corrected chi connectivity index (χ0v) is 42.6. The Kier molecular flexibility index (Phi) is 26.9. The van der Waals surface area contributed by atoms with Crippen molar-refractivity contribution >= 4 is 26.1 Å². The van der Waals surface area contributed by atoms with Crippen LogP contribution < -0.4 is 16.0 Å². The molecule has 0 aliphatic rings. The van der Waals surface area contributed by atoms with Crippen LogP contribution in [0.25, 0.3) is 0 Å². The second-order valence-electron chi connectivity index (χ2n) is 20.1. The number of hydrogen-bond acceptors (Lipinski definition) is 8. The lowest BCUT2D eigenvalue weighted by Gasteiger charge is -2.42. The fourth-order valence-electron chi connectivity index (χ4n) is 7.64. The maximum atomic E-state index is 14.2. The van der Waals surface area contributed by atoms with Gasteiger partial charge in [0.05, 0.1) is 44.2 Å². The van der Waals surface area contributed by atoms with Gasteiger partial charge in [0.2, 0.25) is 11.8 Å². The number of benzene rings is 2. The van der Waals surface area contributed by atoms with E-state index in [0.717, 1.165) is 30.4 Å². The maximum Gasteiger partial charge on any atom is 0.328 e. The number of carboxylic acid groups (broad SMARTS) is 1. The molecule has 0 fully saturated rings. The summed E-state index contributed by atoms with van der Waals surface area (Å²) >= 11 is 0. The number of carbonyl (C=O) groups excluding carboxylic acids is 2. The van der Waals surface area contributed by atoms with Crippen LogP contribution in [-0.4, -0.2) is 85.9 Å². The predicted molar refractivity (Wildman–Crippen MR) is 262 cm³/mol. The Morgan fingerprint density at radius 1 is 0.703 bits per heavy atom. The van der Waals surface area contributed by atoms with E-state index < -0.39 is 56.4 Å². The molecule has 0 aromatic heterocycles. The number of nitrogens with one attached hydrogen (secondary N) is 3. The quantitative estimate of drug-likeness (QED) is 0.0341. The van der Waals surface area contributed by atoms with Crippen molar-refractivity contribution in [1.82, 2.24) is 16.0 Å². The van der Waals surface area contributed by atoms with E-state index in [1.54, 1.807) is 6.92 Å². The van der Waals surface area contributed by atoms with Gasteiger partial charge >= 0.3 is 5.97 Å². The SMILES string of the molecule is CCCCCCCCCCCCC[C@@H](O[Si](C)(C)C(C)(C)C)[C@H](C)[C@H](O)[C@H](C)CN[C@H](C(=O)N[C@H](C(=O)N[C@@H](COCc1ccccc1)C(=O)O)[C@H](C)OCc1ccccc1)C(C)C. The lowest BCUT2D eigenvalue weighted by Crippen LogP contribution is -2.60. The van der Waals surface area contributed by atoms with Crippen molar-refractivity contribution in [1.29, 1.82) is 0 Å². The number of ether oxygens (including phenoxy) is 2. The van der Waals surface area contributed by atoms with E-state index in [-0.39, 0.29) is 48.7 Å². The minimum Gasteiger partial charge on any atom is -0.480 e. The molecule has 0 unspecified atom stereocenters. The van der Waals surface area contributed by atoms with Crippen LogP contribution in [0.1, 0.15) is 150 Å². The molecule has 2 aromatic carbocycles. The average Bonchev–Trinajstić information content (AvgIpc) is 3.25. The molecule has 11 nitrogen and oxygen atoms in total. The first kappa shape index (κ1) is 57.0. The molecule has 0 saturated carbocycles. The lowest BCUT2D eigenvalue weighted by molar-refractivity contribution is -0.145. The molecule has 5 N–H and O–H groups in total. The summed E-state index contributed by atoms with van der Waals surface area (Å²) in [5.41, 5.74) is 1.75. The summed E-state index contributed by atoms with van der Waals surface area (Å²) in [5, 5.41) is 30.8. The van der Waals surface area contributed by atoms with Gasteiger partial charge in [-0.1, -0.05) is 187 Å². The number of carbonyl (C=O) groups is 3. The number of rotatable bonds is 34. The van der Waals surface area contributed by atoms with E-state index in [9.17, 15) is 24.6 Å². The van der Waals surface area contributed by atoms with Crippen LogP contribution in [0.3, 0.4) is 0 Å². The first-order valence-electron chi connectivity index (χ1n) is 24.5. The van der Waals surface area contributed by atoms with E-state index in [1.165, 1.54) is 57.8 Å². The van der Waals surface area contributed by atoms with Crippen molar-refractivity contribution in [3.63, 3.8) is 0 Å². The molecule has 12 heteroatoms. The summed E-state index contributed by atoms with van der Waals surface area (Å²) in [6.07, 6.45) is 13.3. The Balaban J connectivity index is 2.14. The van der Waals surface area contributed by atoms with Gasteiger partial charge in [-0.05, 0) is 54.4 Å². The van der Waals surface area contributed by atoms with E-state index in [4.69, 9.17) is 13.9 Å². The van der Waals surface area contributed by atoms with Crippen molar-refractivity contribution in [2.45, 2.75) is 207 Å². The Hall–Kier alpha value is -3.13. The van der Waals surface area contributed by atoms with Crippen LogP contribution in [-0.2, 0) is 41.5 Å². The molecule has 0 bridgehead atoms. The predicted octanol–water partition coefficient (Wildman–Crippen LogP) is 10.2. The third-order valence-electron chi connectivity index (χ3n) is 13.1. The smallest absolute Gasteiger partial charge is 0.328 e. The van der Waals surface area contributed by atoms with Crippen LogP contribution in [0.15, 0.2) is 60.7 Å². The Labute approximate surface area is 389 Å². The van der Waals surface area contributed by atoms with E-state index in [1.807, 2.05) is 81.4 Å². The van der Waals surface area contributed by atoms with Crippen LogP contribution in [0.2, 0.25) is 18.1 Å². The van der Waals surface area contributed by atoms with Gasteiger partial charge in [0.15, 0.2) is 14.4 Å². The highest BCUT2D eigenvalue weighted by Crippen LogP contribution is 2.39. The molecule has 0 spiro atoms. The number of aliphatic hydroxyl groups excluding tert-OH is 1. The first-order valence-corrected chi connectivity index (χ1v) is 27.4.